The Bertz CT molecular complexity index is 536. The van der Waals surface area contributed by atoms with Gasteiger partial charge in [-0.3, -0.25) is 4.79 Å². The van der Waals surface area contributed by atoms with Gasteiger partial charge in [-0.2, -0.15) is 0 Å². The fourth-order valence-corrected chi connectivity index (χ4v) is 2.90. The van der Waals surface area contributed by atoms with Gasteiger partial charge in [-0.05, 0) is 46.7 Å². The van der Waals surface area contributed by atoms with Crippen molar-refractivity contribution in [3.8, 4) is 0 Å². The van der Waals surface area contributed by atoms with Gasteiger partial charge in [0.15, 0.2) is 0 Å². The van der Waals surface area contributed by atoms with Crippen molar-refractivity contribution in [1.29, 1.82) is 0 Å². The van der Waals surface area contributed by atoms with Crippen molar-refractivity contribution in [3.63, 3.8) is 0 Å². The van der Waals surface area contributed by atoms with Crippen molar-refractivity contribution in [1.82, 2.24) is 0 Å². The summed E-state index contributed by atoms with van der Waals surface area (Å²) in [5.74, 6) is -0.0370. The van der Waals surface area contributed by atoms with E-state index in [9.17, 15) is 4.79 Å². The van der Waals surface area contributed by atoms with Crippen molar-refractivity contribution in [2.24, 2.45) is 0 Å². The highest BCUT2D eigenvalue weighted by atomic mass is 127. The molecule has 0 fully saturated rings. The van der Waals surface area contributed by atoms with Crippen molar-refractivity contribution < 1.29 is 4.79 Å². The molecule has 1 N–H and O–H groups in total. The first-order chi connectivity index (χ1) is 8.20. The number of anilines is 1. The third-order valence-corrected chi connectivity index (χ3v) is 4.27. The molecule has 0 unspecified atom stereocenters. The van der Waals surface area contributed by atoms with Gasteiger partial charge in [-0.15, -0.1) is 11.3 Å². The van der Waals surface area contributed by atoms with Crippen LogP contribution in [0.1, 0.15) is 22.8 Å². The number of rotatable bonds is 3. The second-order valence-corrected chi connectivity index (χ2v) is 6.41. The molecule has 2 aromatic rings. The maximum absolute atomic E-state index is 12.0. The molecule has 4 heteroatoms. The molecule has 0 aliphatic heterocycles. The van der Waals surface area contributed by atoms with Crippen molar-refractivity contribution >= 4 is 45.5 Å². The van der Waals surface area contributed by atoms with E-state index in [0.29, 0.717) is 0 Å². The lowest BCUT2D eigenvalue weighted by molar-refractivity contribution is 0.102. The highest BCUT2D eigenvalue weighted by molar-refractivity contribution is 14.1. The van der Waals surface area contributed by atoms with Gasteiger partial charge in [0.1, 0.15) is 0 Å². The topological polar surface area (TPSA) is 29.1 Å². The smallest absolute Gasteiger partial charge is 0.256 e. The van der Waals surface area contributed by atoms with Crippen molar-refractivity contribution in [2.45, 2.75) is 13.3 Å². The Balaban J connectivity index is 2.18. The highest BCUT2D eigenvalue weighted by Crippen LogP contribution is 2.20. The lowest BCUT2D eigenvalue weighted by atomic mass is 10.1. The van der Waals surface area contributed by atoms with Gasteiger partial charge in [-0.25, -0.2) is 0 Å². The lowest BCUT2D eigenvalue weighted by Crippen LogP contribution is -2.12. The van der Waals surface area contributed by atoms with E-state index in [1.807, 2.05) is 35.7 Å². The van der Waals surface area contributed by atoms with E-state index in [1.165, 1.54) is 0 Å². The second-order valence-electron chi connectivity index (χ2n) is 3.60. The lowest BCUT2D eigenvalue weighted by Gasteiger charge is -2.08. The van der Waals surface area contributed by atoms with E-state index in [0.717, 1.165) is 26.1 Å². The van der Waals surface area contributed by atoms with Gasteiger partial charge in [0.05, 0.1) is 8.45 Å². The van der Waals surface area contributed by atoms with Crippen LogP contribution in [0, 0.1) is 2.88 Å². The van der Waals surface area contributed by atoms with Crippen LogP contribution in [0.2, 0.25) is 0 Å². The molecule has 2 nitrogen and oxygen atoms in total. The average Bonchev–Trinajstić information content (AvgIpc) is 2.77. The van der Waals surface area contributed by atoms with Crippen LogP contribution in [0.25, 0.3) is 0 Å². The first-order valence-electron chi connectivity index (χ1n) is 5.34. The Kier molecular flexibility index (Phi) is 4.17. The van der Waals surface area contributed by atoms with Crippen LogP contribution in [-0.4, -0.2) is 5.91 Å². The zero-order valence-corrected chi connectivity index (χ0v) is 12.3. The van der Waals surface area contributed by atoms with Crippen molar-refractivity contribution in [2.75, 3.05) is 5.32 Å². The molecule has 88 valence electrons. The largest absolute Gasteiger partial charge is 0.322 e. The number of aryl methyl sites for hydroxylation is 1. The standard InChI is InChI=1S/C13H12INOS/c1-2-9-5-3-4-6-11(9)15-13(16)10-7-12(14)17-8-10/h3-8H,2H2,1H3,(H,15,16). The Labute approximate surface area is 118 Å². The Morgan fingerprint density at radius 3 is 2.82 bits per heavy atom. The van der Waals surface area contributed by atoms with Crippen LogP contribution in [0.3, 0.4) is 0 Å². The number of thiophene rings is 1. The Morgan fingerprint density at radius 2 is 2.18 bits per heavy atom. The van der Waals surface area contributed by atoms with E-state index in [-0.39, 0.29) is 5.91 Å². The quantitative estimate of drug-likeness (QED) is 0.821. The molecule has 0 saturated carbocycles. The zero-order valence-electron chi connectivity index (χ0n) is 9.37. The molecule has 0 atom stereocenters. The third kappa shape index (κ3) is 3.07. The molecule has 1 aromatic carbocycles. The fourth-order valence-electron chi connectivity index (χ4n) is 1.57. The first-order valence-corrected chi connectivity index (χ1v) is 7.30. The third-order valence-electron chi connectivity index (χ3n) is 2.48. The van der Waals surface area contributed by atoms with Crippen LogP contribution in [0.5, 0.6) is 0 Å². The van der Waals surface area contributed by atoms with Crippen LogP contribution < -0.4 is 5.32 Å². The molecule has 0 aliphatic carbocycles. The van der Waals surface area contributed by atoms with Gasteiger partial charge < -0.3 is 5.32 Å². The van der Waals surface area contributed by atoms with Crippen LogP contribution in [0.4, 0.5) is 5.69 Å². The Hall–Kier alpha value is -0.880. The number of benzene rings is 1. The van der Waals surface area contributed by atoms with E-state index in [4.69, 9.17) is 0 Å². The van der Waals surface area contributed by atoms with Gasteiger partial charge in [0.25, 0.3) is 5.91 Å². The number of halogens is 1. The van der Waals surface area contributed by atoms with Gasteiger partial charge in [-0.1, -0.05) is 25.1 Å². The van der Waals surface area contributed by atoms with E-state index >= 15 is 0 Å². The maximum Gasteiger partial charge on any atom is 0.256 e. The minimum absolute atomic E-state index is 0.0370. The highest BCUT2D eigenvalue weighted by Gasteiger charge is 2.09. The first kappa shape index (κ1) is 12.6. The van der Waals surface area contributed by atoms with Crippen molar-refractivity contribution in [3.05, 3.63) is 49.7 Å². The molecule has 1 amide bonds. The molecule has 1 aromatic heterocycles. The molecule has 0 radical (unpaired) electrons. The molecule has 0 saturated heterocycles. The number of carbonyl (C=O) groups excluding carboxylic acids is 1. The average molecular weight is 357 g/mol. The molecule has 17 heavy (non-hydrogen) atoms. The summed E-state index contributed by atoms with van der Waals surface area (Å²) in [6, 6.07) is 9.80. The normalized spacial score (nSPS) is 10.2. The molecule has 0 bridgehead atoms. The van der Waals surface area contributed by atoms with E-state index in [1.54, 1.807) is 11.3 Å². The zero-order chi connectivity index (χ0) is 12.3. The van der Waals surface area contributed by atoms with Gasteiger partial charge in [0.2, 0.25) is 0 Å². The fraction of sp³-hybridized carbons (Fsp3) is 0.154. The molecule has 2 rings (SSSR count). The number of para-hydroxylation sites is 1. The Morgan fingerprint density at radius 1 is 1.41 bits per heavy atom. The summed E-state index contributed by atoms with van der Waals surface area (Å²) in [5, 5.41) is 4.84. The van der Waals surface area contributed by atoms with E-state index in [2.05, 4.69) is 34.8 Å². The molecular weight excluding hydrogens is 345 g/mol. The molecule has 1 heterocycles. The summed E-state index contributed by atoms with van der Waals surface area (Å²) in [7, 11) is 0. The van der Waals surface area contributed by atoms with Crippen LogP contribution in [0.15, 0.2) is 35.7 Å². The molecule has 0 aliphatic rings. The summed E-state index contributed by atoms with van der Waals surface area (Å²) in [5.41, 5.74) is 2.79. The van der Waals surface area contributed by atoms with Gasteiger partial charge in [0, 0.05) is 11.1 Å². The van der Waals surface area contributed by atoms with Crippen LogP contribution in [-0.2, 0) is 6.42 Å². The monoisotopic (exact) mass is 357 g/mol. The minimum atomic E-state index is -0.0370. The second kappa shape index (κ2) is 5.64. The van der Waals surface area contributed by atoms with E-state index < -0.39 is 0 Å². The molecule has 0 spiro atoms. The number of amides is 1. The predicted molar refractivity (Wildman–Crippen MR) is 80.8 cm³/mol. The molecular formula is C13H12INOS. The SMILES string of the molecule is CCc1ccccc1NC(=O)c1csc(I)c1. The number of carbonyl (C=O) groups is 1. The maximum atomic E-state index is 12.0. The number of hydrogen-bond acceptors (Lipinski definition) is 2. The number of nitrogens with one attached hydrogen (secondary N) is 1. The summed E-state index contributed by atoms with van der Waals surface area (Å²) >= 11 is 3.80. The summed E-state index contributed by atoms with van der Waals surface area (Å²) in [6.07, 6.45) is 0.914. The summed E-state index contributed by atoms with van der Waals surface area (Å²) in [6.45, 7) is 2.08. The summed E-state index contributed by atoms with van der Waals surface area (Å²) in [4.78, 5) is 12.0. The summed E-state index contributed by atoms with van der Waals surface area (Å²) < 4.78 is 1.12. The van der Waals surface area contributed by atoms with Crippen LogP contribution >= 0.6 is 33.9 Å². The van der Waals surface area contributed by atoms with Gasteiger partial charge >= 0.3 is 0 Å². The predicted octanol–water partition coefficient (Wildman–Crippen LogP) is 4.17. The number of hydrogen-bond donors (Lipinski definition) is 1. The minimum Gasteiger partial charge on any atom is -0.322 e.